The van der Waals surface area contributed by atoms with Crippen LogP contribution in [-0.2, 0) is 13.0 Å². The van der Waals surface area contributed by atoms with Gasteiger partial charge in [0.1, 0.15) is 0 Å². The summed E-state index contributed by atoms with van der Waals surface area (Å²) in [6.45, 7) is 7.09. The van der Waals surface area contributed by atoms with Gasteiger partial charge in [0.15, 0.2) is 0 Å². The summed E-state index contributed by atoms with van der Waals surface area (Å²) in [5.41, 5.74) is 11.5. The van der Waals surface area contributed by atoms with Crippen molar-refractivity contribution < 1.29 is 0 Å². The maximum absolute atomic E-state index is 5.63. The molecule has 0 saturated carbocycles. The Morgan fingerprint density at radius 2 is 1.74 bits per heavy atom. The average molecular weight is 254 g/mol. The summed E-state index contributed by atoms with van der Waals surface area (Å²) in [6, 6.07) is 12.8. The number of nitrogens with two attached hydrogens (primary N) is 1. The van der Waals surface area contributed by atoms with Gasteiger partial charge in [0.05, 0.1) is 0 Å². The van der Waals surface area contributed by atoms with Gasteiger partial charge < -0.3 is 5.73 Å². The number of aryl methyl sites for hydroxylation is 1. The van der Waals surface area contributed by atoms with E-state index in [1.165, 1.54) is 16.8 Å². The van der Waals surface area contributed by atoms with E-state index in [9.17, 15) is 0 Å². The van der Waals surface area contributed by atoms with Crippen molar-refractivity contribution in [2.24, 2.45) is 11.7 Å². The van der Waals surface area contributed by atoms with Crippen LogP contribution < -0.4 is 5.73 Å². The lowest BCUT2D eigenvalue weighted by Gasteiger charge is -2.09. The minimum absolute atomic E-state index is 0.592. The van der Waals surface area contributed by atoms with Crippen molar-refractivity contribution in [3.8, 4) is 11.1 Å². The molecule has 0 spiro atoms. The highest BCUT2D eigenvalue weighted by Crippen LogP contribution is 2.22. The Balaban J connectivity index is 2.34. The molecule has 100 valence electrons. The van der Waals surface area contributed by atoms with Crippen LogP contribution in [0.25, 0.3) is 11.1 Å². The Hall–Kier alpha value is -1.67. The SMILES string of the molecule is Cc1cc(-c2ccc(CN)cc2)cc(CC(C)C)n1. The van der Waals surface area contributed by atoms with Crippen molar-refractivity contribution in [1.29, 1.82) is 0 Å². The normalized spacial score (nSPS) is 11.0. The van der Waals surface area contributed by atoms with Crippen LogP contribution in [0.2, 0.25) is 0 Å². The molecule has 0 unspecified atom stereocenters. The third-order valence-electron chi connectivity index (χ3n) is 3.15. The topological polar surface area (TPSA) is 38.9 Å². The smallest absolute Gasteiger partial charge is 0.0415 e. The number of hydrogen-bond acceptors (Lipinski definition) is 2. The van der Waals surface area contributed by atoms with E-state index in [1.54, 1.807) is 0 Å². The molecule has 1 aromatic heterocycles. The molecule has 0 aliphatic rings. The van der Waals surface area contributed by atoms with E-state index in [4.69, 9.17) is 5.73 Å². The van der Waals surface area contributed by atoms with E-state index in [0.717, 1.165) is 17.7 Å². The van der Waals surface area contributed by atoms with Crippen molar-refractivity contribution in [3.63, 3.8) is 0 Å². The number of pyridine rings is 1. The molecule has 1 heterocycles. The maximum atomic E-state index is 5.63. The van der Waals surface area contributed by atoms with Gasteiger partial charge >= 0.3 is 0 Å². The van der Waals surface area contributed by atoms with Crippen molar-refractivity contribution in [2.75, 3.05) is 0 Å². The fourth-order valence-electron chi connectivity index (χ4n) is 2.26. The van der Waals surface area contributed by atoms with Gasteiger partial charge in [0.2, 0.25) is 0 Å². The van der Waals surface area contributed by atoms with Crippen LogP contribution >= 0.6 is 0 Å². The van der Waals surface area contributed by atoms with E-state index < -0.39 is 0 Å². The monoisotopic (exact) mass is 254 g/mol. The number of nitrogens with zero attached hydrogens (tertiary/aromatic N) is 1. The highest BCUT2D eigenvalue weighted by molar-refractivity contribution is 5.64. The fraction of sp³-hybridized carbons (Fsp3) is 0.353. The molecule has 0 aliphatic heterocycles. The Morgan fingerprint density at radius 1 is 1.05 bits per heavy atom. The molecule has 2 rings (SSSR count). The molecule has 2 N–H and O–H groups in total. The van der Waals surface area contributed by atoms with Crippen LogP contribution in [0.1, 0.15) is 30.8 Å². The molecule has 2 nitrogen and oxygen atoms in total. The molecular weight excluding hydrogens is 232 g/mol. The van der Waals surface area contributed by atoms with Gasteiger partial charge in [-0.05, 0) is 48.1 Å². The number of benzene rings is 1. The number of hydrogen-bond donors (Lipinski definition) is 1. The Bertz CT molecular complexity index is 542. The Morgan fingerprint density at radius 3 is 2.32 bits per heavy atom. The van der Waals surface area contributed by atoms with E-state index >= 15 is 0 Å². The van der Waals surface area contributed by atoms with Gasteiger partial charge in [-0.15, -0.1) is 0 Å². The summed E-state index contributed by atoms with van der Waals surface area (Å²) in [5.74, 6) is 0.627. The van der Waals surface area contributed by atoms with Gasteiger partial charge in [-0.2, -0.15) is 0 Å². The quantitative estimate of drug-likeness (QED) is 0.903. The standard InChI is InChI=1S/C17H22N2/c1-12(2)8-17-10-16(9-13(3)19-17)15-6-4-14(11-18)5-7-15/h4-7,9-10,12H,8,11,18H2,1-3H3. The molecule has 2 heteroatoms. The maximum Gasteiger partial charge on any atom is 0.0415 e. The van der Waals surface area contributed by atoms with Gasteiger partial charge in [-0.1, -0.05) is 38.1 Å². The molecule has 2 aromatic rings. The zero-order valence-electron chi connectivity index (χ0n) is 12.0. The minimum Gasteiger partial charge on any atom is -0.326 e. The first-order valence-electron chi connectivity index (χ1n) is 6.85. The lowest BCUT2D eigenvalue weighted by Crippen LogP contribution is -1.99. The number of rotatable bonds is 4. The third kappa shape index (κ3) is 3.65. The van der Waals surface area contributed by atoms with Gasteiger partial charge in [0.25, 0.3) is 0 Å². The summed E-state index contributed by atoms with van der Waals surface area (Å²) in [4.78, 5) is 4.61. The highest BCUT2D eigenvalue weighted by Gasteiger charge is 2.05. The van der Waals surface area contributed by atoms with E-state index in [2.05, 4.69) is 62.2 Å². The van der Waals surface area contributed by atoms with Crippen LogP contribution in [0.3, 0.4) is 0 Å². The molecule has 0 bridgehead atoms. The second-order valence-corrected chi connectivity index (χ2v) is 5.49. The molecule has 0 radical (unpaired) electrons. The molecule has 19 heavy (non-hydrogen) atoms. The summed E-state index contributed by atoms with van der Waals surface area (Å²) >= 11 is 0. The van der Waals surface area contributed by atoms with Crippen LogP contribution in [-0.4, -0.2) is 4.98 Å². The van der Waals surface area contributed by atoms with Gasteiger partial charge in [-0.25, -0.2) is 0 Å². The van der Waals surface area contributed by atoms with Crippen LogP contribution in [0, 0.1) is 12.8 Å². The second-order valence-electron chi connectivity index (χ2n) is 5.49. The first kappa shape index (κ1) is 13.8. The fourth-order valence-corrected chi connectivity index (χ4v) is 2.26. The van der Waals surface area contributed by atoms with Gasteiger partial charge in [0, 0.05) is 17.9 Å². The zero-order valence-corrected chi connectivity index (χ0v) is 12.0. The van der Waals surface area contributed by atoms with Crippen molar-refractivity contribution in [1.82, 2.24) is 4.98 Å². The Kier molecular flexibility index (Phi) is 4.33. The predicted octanol–water partition coefficient (Wildman–Crippen LogP) is 3.71. The number of aromatic nitrogens is 1. The molecule has 0 fully saturated rings. The third-order valence-corrected chi connectivity index (χ3v) is 3.15. The molecule has 0 saturated heterocycles. The summed E-state index contributed by atoms with van der Waals surface area (Å²) in [5, 5.41) is 0. The molecule has 0 amide bonds. The van der Waals surface area contributed by atoms with E-state index in [0.29, 0.717) is 12.5 Å². The van der Waals surface area contributed by atoms with Crippen LogP contribution in [0.15, 0.2) is 36.4 Å². The van der Waals surface area contributed by atoms with Crippen LogP contribution in [0.5, 0.6) is 0 Å². The largest absolute Gasteiger partial charge is 0.326 e. The molecule has 0 aliphatic carbocycles. The first-order chi connectivity index (χ1) is 9.08. The van der Waals surface area contributed by atoms with E-state index in [-0.39, 0.29) is 0 Å². The zero-order chi connectivity index (χ0) is 13.8. The minimum atomic E-state index is 0.592. The van der Waals surface area contributed by atoms with Crippen molar-refractivity contribution in [3.05, 3.63) is 53.3 Å². The summed E-state index contributed by atoms with van der Waals surface area (Å²) in [6.07, 6.45) is 1.02. The molecule has 0 atom stereocenters. The first-order valence-corrected chi connectivity index (χ1v) is 6.85. The lowest BCUT2D eigenvalue weighted by molar-refractivity contribution is 0.634. The molecular formula is C17H22N2. The van der Waals surface area contributed by atoms with Crippen molar-refractivity contribution in [2.45, 2.75) is 33.7 Å². The predicted molar refractivity (Wildman–Crippen MR) is 80.8 cm³/mol. The summed E-state index contributed by atoms with van der Waals surface area (Å²) < 4.78 is 0. The van der Waals surface area contributed by atoms with E-state index in [1.807, 2.05) is 0 Å². The highest BCUT2D eigenvalue weighted by atomic mass is 14.7. The second kappa shape index (κ2) is 5.98. The van der Waals surface area contributed by atoms with Crippen molar-refractivity contribution >= 4 is 0 Å². The van der Waals surface area contributed by atoms with Gasteiger partial charge in [-0.3, -0.25) is 4.98 Å². The molecule has 1 aromatic carbocycles. The lowest BCUT2D eigenvalue weighted by atomic mass is 10.0. The Labute approximate surface area is 115 Å². The average Bonchev–Trinajstić information content (AvgIpc) is 2.37. The summed E-state index contributed by atoms with van der Waals surface area (Å²) in [7, 11) is 0. The van der Waals surface area contributed by atoms with Crippen LogP contribution in [0.4, 0.5) is 0 Å².